The van der Waals surface area contributed by atoms with Gasteiger partial charge in [0.15, 0.2) is 5.82 Å². The highest BCUT2D eigenvalue weighted by molar-refractivity contribution is 5.63. The van der Waals surface area contributed by atoms with E-state index in [9.17, 15) is 0 Å². The fraction of sp³-hybridized carbons (Fsp3) is 0.214. The zero-order chi connectivity index (χ0) is 12.5. The Bertz CT molecular complexity index is 637. The molecule has 90 valence electrons. The van der Waals surface area contributed by atoms with Crippen molar-refractivity contribution in [3.63, 3.8) is 0 Å². The predicted molar refractivity (Wildman–Crippen MR) is 69.9 cm³/mol. The highest BCUT2D eigenvalue weighted by atomic mass is 15.5. The lowest BCUT2D eigenvalue weighted by atomic mass is 9.90. The minimum Gasteiger partial charge on any atom is -0.229 e. The van der Waals surface area contributed by atoms with Crippen molar-refractivity contribution in [3.8, 4) is 11.4 Å². The number of nitrogens with zero attached hydrogens (tertiary/aromatic N) is 4. The van der Waals surface area contributed by atoms with Crippen LogP contribution < -0.4 is 0 Å². The lowest BCUT2D eigenvalue weighted by Crippen LogP contribution is -2.01. The number of hydrogen-bond acceptors (Lipinski definition) is 3. The van der Waals surface area contributed by atoms with Crippen molar-refractivity contribution < 1.29 is 0 Å². The third kappa shape index (κ3) is 1.66. The summed E-state index contributed by atoms with van der Waals surface area (Å²) in [7, 11) is 1.86. The lowest BCUT2D eigenvalue weighted by molar-refractivity contribution is 0.714. The Balaban J connectivity index is 2.14. The van der Waals surface area contributed by atoms with E-state index in [1.54, 1.807) is 4.68 Å². The first kappa shape index (κ1) is 10.9. The number of benzene rings is 1. The van der Waals surface area contributed by atoms with Crippen LogP contribution in [0.15, 0.2) is 48.1 Å². The second kappa shape index (κ2) is 4.22. The number of aromatic nitrogens is 4. The highest BCUT2D eigenvalue weighted by Crippen LogP contribution is 2.35. The maximum absolute atomic E-state index is 4.10. The Morgan fingerprint density at radius 3 is 2.72 bits per heavy atom. The van der Waals surface area contributed by atoms with Crippen LogP contribution in [0.2, 0.25) is 0 Å². The minimum absolute atomic E-state index is 0.331. The van der Waals surface area contributed by atoms with Gasteiger partial charge in [0, 0.05) is 18.5 Å². The molecule has 2 aromatic rings. The van der Waals surface area contributed by atoms with Gasteiger partial charge < -0.3 is 0 Å². The number of aryl methyl sites for hydroxylation is 1. The van der Waals surface area contributed by atoms with Crippen LogP contribution in [0.25, 0.3) is 11.4 Å². The van der Waals surface area contributed by atoms with Gasteiger partial charge in [-0.3, -0.25) is 0 Å². The van der Waals surface area contributed by atoms with Crippen molar-refractivity contribution in [2.24, 2.45) is 7.05 Å². The molecule has 0 saturated carbocycles. The molecule has 0 fully saturated rings. The predicted octanol–water partition coefficient (Wildman–Crippen LogP) is 2.48. The zero-order valence-electron chi connectivity index (χ0n) is 10.4. The summed E-state index contributed by atoms with van der Waals surface area (Å²) in [6.45, 7) is 2.15. The molecule has 4 nitrogen and oxygen atoms in total. The summed E-state index contributed by atoms with van der Waals surface area (Å²) in [6, 6.07) is 8.29. The standard InChI is InChI=1S/C14H14N4/c1-10-6-5-9-11(10)12-7-3-4-8-13(12)14-15-16-17-18(14)2/h3-9,11H,1-2H3. The molecule has 1 aliphatic rings. The van der Waals surface area contributed by atoms with Crippen molar-refractivity contribution >= 4 is 0 Å². The van der Waals surface area contributed by atoms with Gasteiger partial charge in [0.2, 0.25) is 0 Å². The Morgan fingerprint density at radius 2 is 2.06 bits per heavy atom. The van der Waals surface area contributed by atoms with Gasteiger partial charge in [-0.15, -0.1) is 5.10 Å². The summed E-state index contributed by atoms with van der Waals surface area (Å²) in [6.07, 6.45) is 6.46. The molecule has 0 bridgehead atoms. The summed E-state index contributed by atoms with van der Waals surface area (Å²) < 4.78 is 1.70. The molecular formula is C14H14N4. The van der Waals surface area contributed by atoms with Crippen LogP contribution in [0.1, 0.15) is 18.4 Å². The van der Waals surface area contributed by atoms with E-state index in [-0.39, 0.29) is 0 Å². The Morgan fingerprint density at radius 1 is 1.22 bits per heavy atom. The first-order valence-corrected chi connectivity index (χ1v) is 5.94. The largest absolute Gasteiger partial charge is 0.229 e. The summed E-state index contributed by atoms with van der Waals surface area (Å²) in [5.41, 5.74) is 3.68. The molecule has 0 amide bonds. The van der Waals surface area contributed by atoms with Gasteiger partial charge in [-0.2, -0.15) is 0 Å². The monoisotopic (exact) mass is 238 g/mol. The molecule has 0 radical (unpaired) electrons. The van der Waals surface area contributed by atoms with E-state index in [2.05, 4.69) is 58.9 Å². The Labute approximate surface area is 106 Å². The highest BCUT2D eigenvalue weighted by Gasteiger charge is 2.19. The molecule has 1 aromatic carbocycles. The second-order valence-corrected chi connectivity index (χ2v) is 4.49. The molecule has 0 N–H and O–H groups in total. The van der Waals surface area contributed by atoms with Gasteiger partial charge >= 0.3 is 0 Å². The molecule has 1 unspecified atom stereocenters. The number of tetrazole rings is 1. The summed E-state index contributed by atoms with van der Waals surface area (Å²) in [5, 5.41) is 11.7. The second-order valence-electron chi connectivity index (χ2n) is 4.49. The van der Waals surface area contributed by atoms with Crippen LogP contribution in [-0.2, 0) is 7.05 Å². The molecule has 4 heteroatoms. The average Bonchev–Trinajstić information content (AvgIpc) is 2.98. The van der Waals surface area contributed by atoms with E-state index in [4.69, 9.17) is 0 Å². The molecule has 0 saturated heterocycles. The van der Waals surface area contributed by atoms with Gasteiger partial charge in [0.1, 0.15) is 0 Å². The molecule has 0 aliphatic heterocycles. The van der Waals surface area contributed by atoms with Gasteiger partial charge in [0.25, 0.3) is 0 Å². The third-order valence-corrected chi connectivity index (χ3v) is 3.31. The maximum Gasteiger partial charge on any atom is 0.182 e. The molecule has 0 spiro atoms. The molecule has 1 aliphatic carbocycles. The molecule has 18 heavy (non-hydrogen) atoms. The average molecular weight is 238 g/mol. The van der Waals surface area contributed by atoms with Gasteiger partial charge in [-0.25, -0.2) is 4.68 Å². The van der Waals surface area contributed by atoms with Crippen LogP contribution in [0.3, 0.4) is 0 Å². The molecule has 1 atom stereocenters. The first-order valence-electron chi connectivity index (χ1n) is 5.94. The minimum atomic E-state index is 0.331. The van der Waals surface area contributed by atoms with Crippen molar-refractivity contribution in [3.05, 3.63) is 53.6 Å². The van der Waals surface area contributed by atoms with E-state index in [0.717, 1.165) is 11.4 Å². The van der Waals surface area contributed by atoms with E-state index in [0.29, 0.717) is 5.92 Å². The number of hydrogen-bond donors (Lipinski definition) is 0. The van der Waals surface area contributed by atoms with Crippen LogP contribution in [0, 0.1) is 0 Å². The molecule has 1 heterocycles. The number of rotatable bonds is 2. The first-order chi connectivity index (χ1) is 8.77. The van der Waals surface area contributed by atoms with E-state index in [1.165, 1.54) is 11.1 Å². The van der Waals surface area contributed by atoms with Crippen molar-refractivity contribution in [1.29, 1.82) is 0 Å². The topological polar surface area (TPSA) is 43.6 Å². The zero-order valence-corrected chi connectivity index (χ0v) is 10.4. The van der Waals surface area contributed by atoms with Crippen LogP contribution in [0.5, 0.6) is 0 Å². The molecular weight excluding hydrogens is 224 g/mol. The summed E-state index contributed by atoms with van der Waals surface area (Å²) in [4.78, 5) is 0. The van der Waals surface area contributed by atoms with E-state index < -0.39 is 0 Å². The van der Waals surface area contributed by atoms with Crippen LogP contribution >= 0.6 is 0 Å². The summed E-state index contributed by atoms with van der Waals surface area (Å²) >= 11 is 0. The normalized spacial score (nSPS) is 18.1. The van der Waals surface area contributed by atoms with E-state index >= 15 is 0 Å². The summed E-state index contributed by atoms with van der Waals surface area (Å²) in [5.74, 6) is 1.14. The van der Waals surface area contributed by atoms with E-state index in [1.807, 2.05) is 13.1 Å². The van der Waals surface area contributed by atoms with Crippen molar-refractivity contribution in [1.82, 2.24) is 20.2 Å². The Hall–Kier alpha value is -2.23. The fourth-order valence-electron chi connectivity index (χ4n) is 2.35. The molecule has 1 aromatic heterocycles. The van der Waals surface area contributed by atoms with Crippen LogP contribution in [-0.4, -0.2) is 20.2 Å². The SMILES string of the molecule is CC1=CC=CC1c1ccccc1-c1nnnn1C. The third-order valence-electron chi connectivity index (χ3n) is 3.31. The van der Waals surface area contributed by atoms with Gasteiger partial charge in [-0.05, 0) is 22.9 Å². The fourth-order valence-corrected chi connectivity index (χ4v) is 2.35. The maximum atomic E-state index is 4.10. The van der Waals surface area contributed by atoms with Crippen LogP contribution in [0.4, 0.5) is 0 Å². The lowest BCUT2D eigenvalue weighted by Gasteiger charge is -2.14. The van der Waals surface area contributed by atoms with Gasteiger partial charge in [-0.1, -0.05) is 48.1 Å². The quantitative estimate of drug-likeness (QED) is 0.807. The Kier molecular flexibility index (Phi) is 2.55. The van der Waals surface area contributed by atoms with Gasteiger partial charge in [0.05, 0.1) is 0 Å². The van der Waals surface area contributed by atoms with Crippen molar-refractivity contribution in [2.75, 3.05) is 0 Å². The number of allylic oxidation sites excluding steroid dienone is 4. The smallest absolute Gasteiger partial charge is 0.182 e. The van der Waals surface area contributed by atoms with Crippen molar-refractivity contribution in [2.45, 2.75) is 12.8 Å². The molecule has 3 rings (SSSR count).